The SMILES string of the molecule is CCOC(=O)Cn1cc(Nc2ncc3ccn(C[C@@H]4CCC[C@@H](OC)C4)c3n2)cn1. The minimum absolute atomic E-state index is 0.0715. The van der Waals surface area contributed by atoms with Crippen LogP contribution in [0.2, 0.25) is 0 Å². The minimum Gasteiger partial charge on any atom is -0.465 e. The van der Waals surface area contributed by atoms with Crippen molar-refractivity contribution < 1.29 is 14.3 Å². The van der Waals surface area contributed by atoms with E-state index in [1.54, 1.807) is 26.4 Å². The monoisotopic (exact) mass is 412 g/mol. The Balaban J connectivity index is 1.45. The highest BCUT2D eigenvalue weighted by molar-refractivity contribution is 5.76. The maximum absolute atomic E-state index is 11.6. The molecule has 0 spiro atoms. The van der Waals surface area contributed by atoms with Crippen LogP contribution in [0.5, 0.6) is 0 Å². The van der Waals surface area contributed by atoms with E-state index >= 15 is 0 Å². The summed E-state index contributed by atoms with van der Waals surface area (Å²) in [6, 6.07) is 2.05. The summed E-state index contributed by atoms with van der Waals surface area (Å²) in [6.07, 6.45) is 12.3. The first kappa shape index (κ1) is 20.3. The molecule has 3 aromatic heterocycles. The number of anilines is 2. The van der Waals surface area contributed by atoms with Gasteiger partial charge < -0.3 is 19.4 Å². The molecule has 0 aliphatic heterocycles. The van der Waals surface area contributed by atoms with Crippen LogP contribution in [-0.2, 0) is 27.4 Å². The van der Waals surface area contributed by atoms with Crippen LogP contribution in [0, 0.1) is 5.92 Å². The van der Waals surface area contributed by atoms with Crippen molar-refractivity contribution in [1.82, 2.24) is 24.3 Å². The van der Waals surface area contributed by atoms with Gasteiger partial charge in [0.1, 0.15) is 12.2 Å². The maximum Gasteiger partial charge on any atom is 0.327 e. The van der Waals surface area contributed by atoms with Crippen molar-refractivity contribution in [3.05, 3.63) is 30.9 Å². The van der Waals surface area contributed by atoms with Gasteiger partial charge in [0.25, 0.3) is 0 Å². The number of carbonyl (C=O) groups is 1. The van der Waals surface area contributed by atoms with E-state index in [1.807, 2.05) is 12.3 Å². The predicted octanol–water partition coefficient (Wildman–Crippen LogP) is 3.14. The lowest BCUT2D eigenvalue weighted by molar-refractivity contribution is -0.144. The van der Waals surface area contributed by atoms with Crippen LogP contribution in [0.1, 0.15) is 32.6 Å². The number of ether oxygens (including phenoxy) is 2. The van der Waals surface area contributed by atoms with Crippen LogP contribution in [0.25, 0.3) is 11.0 Å². The Bertz CT molecular complexity index is 998. The number of fused-ring (bicyclic) bond motifs is 1. The molecule has 0 amide bonds. The number of rotatable bonds is 8. The van der Waals surface area contributed by atoms with Crippen LogP contribution in [0.4, 0.5) is 11.6 Å². The van der Waals surface area contributed by atoms with Crippen molar-refractivity contribution in [3.8, 4) is 0 Å². The number of hydrogen-bond acceptors (Lipinski definition) is 7. The fraction of sp³-hybridized carbons (Fsp3) is 0.524. The van der Waals surface area contributed by atoms with E-state index < -0.39 is 0 Å². The second-order valence-corrected chi connectivity index (χ2v) is 7.69. The van der Waals surface area contributed by atoms with Crippen LogP contribution < -0.4 is 5.32 Å². The van der Waals surface area contributed by atoms with Gasteiger partial charge in [-0.1, -0.05) is 6.42 Å². The highest BCUT2D eigenvalue weighted by Gasteiger charge is 2.22. The minimum atomic E-state index is -0.318. The molecule has 2 atom stereocenters. The Morgan fingerprint density at radius 2 is 2.23 bits per heavy atom. The summed E-state index contributed by atoms with van der Waals surface area (Å²) in [7, 11) is 1.80. The smallest absolute Gasteiger partial charge is 0.327 e. The lowest BCUT2D eigenvalue weighted by Gasteiger charge is -2.28. The molecule has 1 saturated carbocycles. The third-order valence-corrected chi connectivity index (χ3v) is 5.51. The molecule has 0 radical (unpaired) electrons. The molecule has 1 aliphatic rings. The largest absolute Gasteiger partial charge is 0.465 e. The van der Waals surface area contributed by atoms with Gasteiger partial charge in [-0.05, 0) is 38.2 Å². The third kappa shape index (κ3) is 4.79. The molecule has 9 nitrogen and oxygen atoms in total. The Morgan fingerprint density at radius 3 is 3.07 bits per heavy atom. The molecule has 1 fully saturated rings. The van der Waals surface area contributed by atoms with Gasteiger partial charge in [-0.3, -0.25) is 9.48 Å². The van der Waals surface area contributed by atoms with Gasteiger partial charge in [-0.2, -0.15) is 10.1 Å². The third-order valence-electron chi connectivity index (χ3n) is 5.51. The highest BCUT2D eigenvalue weighted by Crippen LogP contribution is 2.28. The molecule has 3 heterocycles. The van der Waals surface area contributed by atoms with Gasteiger partial charge in [0.15, 0.2) is 0 Å². The molecule has 30 heavy (non-hydrogen) atoms. The normalized spacial score (nSPS) is 19.1. The molecular formula is C21H28N6O3. The molecular weight excluding hydrogens is 384 g/mol. The van der Waals surface area contributed by atoms with Gasteiger partial charge in [-0.25, -0.2) is 4.98 Å². The zero-order valence-corrected chi connectivity index (χ0v) is 17.5. The number of aromatic nitrogens is 5. The van der Waals surface area contributed by atoms with E-state index in [0.717, 1.165) is 30.4 Å². The van der Waals surface area contributed by atoms with Crippen LogP contribution in [-0.4, -0.2) is 50.1 Å². The van der Waals surface area contributed by atoms with Gasteiger partial charge >= 0.3 is 5.97 Å². The molecule has 1 N–H and O–H groups in total. The number of carbonyl (C=O) groups excluding carboxylic acids is 1. The maximum atomic E-state index is 11.6. The van der Waals surface area contributed by atoms with Crippen molar-refractivity contribution in [1.29, 1.82) is 0 Å². The molecule has 1 aliphatic carbocycles. The number of nitrogens with zero attached hydrogens (tertiary/aromatic N) is 5. The zero-order chi connectivity index (χ0) is 20.9. The van der Waals surface area contributed by atoms with Gasteiger partial charge in [-0.15, -0.1) is 0 Å². The van der Waals surface area contributed by atoms with E-state index in [-0.39, 0.29) is 12.5 Å². The molecule has 4 rings (SSSR count). The number of hydrogen-bond donors (Lipinski definition) is 1. The lowest BCUT2D eigenvalue weighted by atomic mass is 9.87. The standard InChI is InChI=1S/C21H28N6O3/c1-3-30-19(28)14-27-13-17(11-23-27)24-21-22-10-16-7-8-26(20(16)25-21)12-15-5-4-6-18(9-15)29-2/h7-8,10-11,13,15,18H,3-6,9,12,14H2,1-2H3,(H,22,24,25)/t15-,18-/m1/s1. The number of esters is 1. The Hall–Kier alpha value is -2.94. The van der Waals surface area contributed by atoms with Crippen molar-refractivity contribution in [2.24, 2.45) is 5.92 Å². The average Bonchev–Trinajstić information content (AvgIpc) is 3.35. The van der Waals surface area contributed by atoms with Crippen LogP contribution in [0.3, 0.4) is 0 Å². The van der Waals surface area contributed by atoms with E-state index in [9.17, 15) is 4.79 Å². The van der Waals surface area contributed by atoms with Gasteiger partial charge in [0.2, 0.25) is 5.95 Å². The van der Waals surface area contributed by atoms with E-state index in [2.05, 4.69) is 26.2 Å². The van der Waals surface area contributed by atoms with Gasteiger partial charge in [0.05, 0.1) is 24.6 Å². The molecule has 0 unspecified atom stereocenters. The quantitative estimate of drug-likeness (QED) is 0.568. The second-order valence-electron chi connectivity index (χ2n) is 7.69. The fourth-order valence-corrected chi connectivity index (χ4v) is 4.06. The van der Waals surface area contributed by atoms with Crippen LogP contribution in [0.15, 0.2) is 30.9 Å². The number of nitrogens with one attached hydrogen (secondary N) is 1. The first-order valence-corrected chi connectivity index (χ1v) is 10.4. The summed E-state index contributed by atoms with van der Waals surface area (Å²) in [5.41, 5.74) is 1.62. The van der Waals surface area contributed by atoms with Crippen molar-refractivity contribution in [2.45, 2.75) is 51.8 Å². The zero-order valence-electron chi connectivity index (χ0n) is 17.5. The summed E-state index contributed by atoms with van der Waals surface area (Å²) in [6.45, 7) is 3.13. The van der Waals surface area contributed by atoms with Crippen molar-refractivity contribution >= 4 is 28.6 Å². The Kier molecular flexibility index (Phi) is 6.27. The summed E-state index contributed by atoms with van der Waals surface area (Å²) in [5.74, 6) is 0.768. The van der Waals surface area contributed by atoms with Crippen molar-refractivity contribution in [2.75, 3.05) is 19.0 Å². The average molecular weight is 412 g/mol. The van der Waals surface area contributed by atoms with E-state index in [1.165, 1.54) is 17.5 Å². The molecule has 160 valence electrons. The summed E-state index contributed by atoms with van der Waals surface area (Å²) in [5, 5.41) is 8.36. The Morgan fingerprint density at radius 1 is 1.33 bits per heavy atom. The number of methoxy groups -OCH3 is 1. The first-order chi connectivity index (χ1) is 14.6. The Labute approximate surface area is 175 Å². The highest BCUT2D eigenvalue weighted by atomic mass is 16.5. The van der Waals surface area contributed by atoms with E-state index in [4.69, 9.17) is 14.5 Å². The topological polar surface area (TPSA) is 96.1 Å². The predicted molar refractivity (Wildman–Crippen MR) is 112 cm³/mol. The molecule has 3 aromatic rings. The molecule has 0 aromatic carbocycles. The lowest BCUT2D eigenvalue weighted by Crippen LogP contribution is -2.24. The summed E-state index contributed by atoms with van der Waals surface area (Å²) < 4.78 is 14.2. The van der Waals surface area contributed by atoms with Crippen LogP contribution >= 0.6 is 0 Å². The fourth-order valence-electron chi connectivity index (χ4n) is 4.06. The first-order valence-electron chi connectivity index (χ1n) is 10.4. The summed E-state index contributed by atoms with van der Waals surface area (Å²) >= 11 is 0. The second kappa shape index (κ2) is 9.25. The molecule has 0 saturated heterocycles. The van der Waals surface area contributed by atoms with Gasteiger partial charge in [0, 0.05) is 37.6 Å². The molecule has 0 bridgehead atoms. The molecule has 9 heteroatoms. The summed E-state index contributed by atoms with van der Waals surface area (Å²) in [4.78, 5) is 20.7. The van der Waals surface area contributed by atoms with Crippen molar-refractivity contribution in [3.63, 3.8) is 0 Å². The van der Waals surface area contributed by atoms with E-state index in [0.29, 0.717) is 30.3 Å².